The van der Waals surface area contributed by atoms with Crippen molar-refractivity contribution in [3.63, 3.8) is 0 Å². The van der Waals surface area contributed by atoms with Crippen molar-refractivity contribution < 1.29 is 29.2 Å². The van der Waals surface area contributed by atoms with Crippen LogP contribution in [0.2, 0.25) is 0 Å². The van der Waals surface area contributed by atoms with Gasteiger partial charge < -0.3 is 24.4 Å². The number of carboxylic acids is 1. The largest absolute Gasteiger partial charge is 0.504 e. The molecule has 0 saturated carbocycles. The molecule has 2 heterocycles. The van der Waals surface area contributed by atoms with E-state index in [0.29, 0.717) is 32.2 Å². The molecule has 0 aromatic carbocycles. The Morgan fingerprint density at radius 3 is 2.74 bits per heavy atom. The predicted octanol–water partition coefficient (Wildman–Crippen LogP) is 0.713. The highest BCUT2D eigenvalue weighted by molar-refractivity contribution is 5.85. The van der Waals surface area contributed by atoms with Crippen LogP contribution in [0.3, 0.4) is 0 Å². The summed E-state index contributed by atoms with van der Waals surface area (Å²) in [5.74, 6) is -0.854. The van der Waals surface area contributed by atoms with Crippen LogP contribution in [0.15, 0.2) is 24.5 Å². The number of aromatic carboxylic acids is 1. The van der Waals surface area contributed by atoms with E-state index in [-0.39, 0.29) is 17.3 Å². The van der Waals surface area contributed by atoms with Gasteiger partial charge in [0.05, 0.1) is 26.0 Å². The van der Waals surface area contributed by atoms with Crippen LogP contribution < -0.4 is 4.74 Å². The Balaban J connectivity index is 1.93. The van der Waals surface area contributed by atoms with Gasteiger partial charge >= 0.3 is 5.97 Å². The minimum Gasteiger partial charge on any atom is -0.504 e. The van der Waals surface area contributed by atoms with E-state index in [1.54, 1.807) is 7.11 Å². The summed E-state index contributed by atoms with van der Waals surface area (Å²) in [6.45, 7) is 1.68. The molecule has 2 aromatic rings. The minimum absolute atomic E-state index is 0.112. The van der Waals surface area contributed by atoms with Crippen molar-refractivity contribution in [3.8, 4) is 17.3 Å². The number of hydrogen-bond acceptors (Lipinski definition) is 7. The summed E-state index contributed by atoms with van der Waals surface area (Å²) in [7, 11) is 1.59. The average molecular weight is 323 g/mol. The van der Waals surface area contributed by atoms with Crippen molar-refractivity contribution in [2.24, 2.45) is 0 Å². The Morgan fingerprint density at radius 1 is 1.30 bits per heavy atom. The number of carbonyl (C=O) groups is 1. The smallest absolute Gasteiger partial charge is 0.356 e. The van der Waals surface area contributed by atoms with E-state index in [0.717, 1.165) is 0 Å². The van der Waals surface area contributed by atoms with Crippen molar-refractivity contribution in [2.75, 3.05) is 33.5 Å². The molecule has 0 aliphatic heterocycles. The summed E-state index contributed by atoms with van der Waals surface area (Å²) in [6, 6.07) is 2.69. The Bertz CT molecular complexity index is 658. The number of carboxylic acid groups (broad SMARTS) is 1. The molecule has 0 unspecified atom stereocenters. The molecule has 0 bridgehead atoms. The lowest BCUT2D eigenvalue weighted by molar-refractivity contribution is 0.0543. The zero-order valence-corrected chi connectivity index (χ0v) is 12.5. The Kier molecular flexibility index (Phi) is 5.89. The molecular weight excluding hydrogens is 306 g/mol. The fraction of sp³-hybridized carbons (Fsp3) is 0.357. The number of ether oxygens (including phenoxy) is 3. The van der Waals surface area contributed by atoms with Crippen LogP contribution in [0, 0.1) is 0 Å². The first-order chi connectivity index (χ1) is 11.1. The molecule has 9 heteroatoms. The quantitative estimate of drug-likeness (QED) is 0.648. The van der Waals surface area contributed by atoms with Gasteiger partial charge in [-0.15, -0.1) is 0 Å². The lowest BCUT2D eigenvalue weighted by atomic mass is 10.4. The average Bonchev–Trinajstić information content (AvgIpc) is 3.01. The lowest BCUT2D eigenvalue weighted by Gasteiger charge is -2.09. The number of pyridine rings is 1. The Morgan fingerprint density at radius 2 is 2.09 bits per heavy atom. The normalized spacial score (nSPS) is 10.7. The van der Waals surface area contributed by atoms with Gasteiger partial charge in [0, 0.05) is 19.4 Å². The Hall–Kier alpha value is -2.65. The molecule has 2 rings (SSSR count). The molecule has 0 spiro atoms. The Labute approximate surface area is 132 Å². The van der Waals surface area contributed by atoms with E-state index in [1.807, 2.05) is 0 Å². The van der Waals surface area contributed by atoms with Gasteiger partial charge in [0.2, 0.25) is 0 Å². The number of methoxy groups -OCH3 is 1. The second-order valence-corrected chi connectivity index (χ2v) is 4.42. The van der Waals surface area contributed by atoms with E-state index >= 15 is 0 Å². The zero-order chi connectivity index (χ0) is 16.7. The maximum absolute atomic E-state index is 10.8. The second kappa shape index (κ2) is 8.11. The monoisotopic (exact) mass is 323 g/mol. The third kappa shape index (κ3) is 4.66. The topological polar surface area (TPSA) is 116 Å². The number of rotatable bonds is 9. The number of hydrogen-bond donors (Lipinski definition) is 2. The van der Waals surface area contributed by atoms with Crippen molar-refractivity contribution in [3.05, 3.63) is 30.2 Å². The van der Waals surface area contributed by atoms with Gasteiger partial charge in [-0.05, 0) is 6.07 Å². The molecule has 0 radical (unpaired) electrons. The molecule has 0 aliphatic rings. The van der Waals surface area contributed by atoms with Gasteiger partial charge in [0.15, 0.2) is 17.3 Å². The summed E-state index contributed by atoms with van der Waals surface area (Å²) in [5.41, 5.74) is -0.139. The first-order valence-electron chi connectivity index (χ1n) is 6.79. The number of nitrogens with zero attached hydrogens (tertiary/aromatic N) is 3. The van der Waals surface area contributed by atoms with Crippen molar-refractivity contribution in [1.82, 2.24) is 14.8 Å². The van der Waals surface area contributed by atoms with Crippen LogP contribution in [0.4, 0.5) is 0 Å². The van der Waals surface area contributed by atoms with Gasteiger partial charge in [-0.1, -0.05) is 0 Å². The van der Waals surface area contributed by atoms with E-state index < -0.39 is 5.97 Å². The molecule has 0 aliphatic carbocycles. The maximum atomic E-state index is 10.8. The summed E-state index contributed by atoms with van der Waals surface area (Å²) in [5, 5.41) is 22.6. The van der Waals surface area contributed by atoms with Gasteiger partial charge in [-0.2, -0.15) is 5.10 Å². The van der Waals surface area contributed by atoms with Crippen LogP contribution in [0.1, 0.15) is 10.5 Å². The molecule has 23 heavy (non-hydrogen) atoms. The van der Waals surface area contributed by atoms with E-state index in [4.69, 9.17) is 19.3 Å². The fourth-order valence-electron chi connectivity index (χ4n) is 1.70. The molecule has 2 aromatic heterocycles. The molecule has 0 saturated heterocycles. The van der Waals surface area contributed by atoms with Crippen LogP contribution >= 0.6 is 0 Å². The summed E-state index contributed by atoms with van der Waals surface area (Å²) in [6.07, 6.45) is 2.81. The number of aromatic hydroxyl groups is 1. The summed E-state index contributed by atoms with van der Waals surface area (Å²) >= 11 is 0. The fourth-order valence-corrected chi connectivity index (χ4v) is 1.70. The SMILES string of the molecule is COCCOCCOc1cnc(-n2ccc(C(=O)O)n2)c(O)c1. The summed E-state index contributed by atoms with van der Waals surface area (Å²) < 4.78 is 16.6. The van der Waals surface area contributed by atoms with Crippen LogP contribution in [-0.4, -0.2) is 64.5 Å². The molecular formula is C14H17N3O6. The lowest BCUT2D eigenvalue weighted by Crippen LogP contribution is -2.10. The first-order valence-corrected chi connectivity index (χ1v) is 6.79. The van der Waals surface area contributed by atoms with E-state index in [9.17, 15) is 9.90 Å². The zero-order valence-electron chi connectivity index (χ0n) is 12.5. The molecule has 124 valence electrons. The van der Waals surface area contributed by atoms with Crippen LogP contribution in [0.5, 0.6) is 11.5 Å². The van der Waals surface area contributed by atoms with Crippen molar-refractivity contribution >= 4 is 5.97 Å². The van der Waals surface area contributed by atoms with E-state index in [2.05, 4.69) is 10.1 Å². The molecule has 2 N–H and O–H groups in total. The first kappa shape index (κ1) is 16.7. The van der Waals surface area contributed by atoms with Crippen LogP contribution in [0.25, 0.3) is 5.82 Å². The van der Waals surface area contributed by atoms with Gasteiger partial charge in [-0.25, -0.2) is 14.5 Å². The third-order valence-corrected chi connectivity index (χ3v) is 2.78. The highest BCUT2D eigenvalue weighted by atomic mass is 16.5. The third-order valence-electron chi connectivity index (χ3n) is 2.78. The second-order valence-electron chi connectivity index (χ2n) is 4.42. The van der Waals surface area contributed by atoms with Gasteiger partial charge in [0.1, 0.15) is 12.4 Å². The van der Waals surface area contributed by atoms with Crippen LogP contribution in [-0.2, 0) is 9.47 Å². The van der Waals surface area contributed by atoms with Gasteiger partial charge in [-0.3, -0.25) is 0 Å². The predicted molar refractivity (Wildman–Crippen MR) is 78.2 cm³/mol. The highest BCUT2D eigenvalue weighted by Gasteiger charge is 2.12. The van der Waals surface area contributed by atoms with E-state index in [1.165, 1.54) is 29.2 Å². The maximum Gasteiger partial charge on any atom is 0.356 e. The highest BCUT2D eigenvalue weighted by Crippen LogP contribution is 2.23. The van der Waals surface area contributed by atoms with Crippen molar-refractivity contribution in [2.45, 2.75) is 0 Å². The molecule has 9 nitrogen and oxygen atoms in total. The molecule has 0 fully saturated rings. The van der Waals surface area contributed by atoms with Crippen molar-refractivity contribution in [1.29, 1.82) is 0 Å². The standard InChI is InChI=1S/C14H17N3O6/c1-21-4-5-22-6-7-23-10-8-12(18)13(15-9-10)17-3-2-11(16-17)14(19)20/h2-3,8-9,18H,4-7H2,1H3,(H,19,20). The summed E-state index contributed by atoms with van der Waals surface area (Å²) in [4.78, 5) is 14.8. The number of aromatic nitrogens is 3. The molecule has 0 amide bonds. The minimum atomic E-state index is -1.16. The van der Waals surface area contributed by atoms with Gasteiger partial charge in [0.25, 0.3) is 0 Å². The molecule has 0 atom stereocenters.